The molecule has 0 heterocycles. The third-order valence-corrected chi connectivity index (χ3v) is 10.1. The molecule has 0 aliphatic carbocycles. The van der Waals surface area contributed by atoms with Gasteiger partial charge in [-0.15, -0.1) is 0 Å². The van der Waals surface area contributed by atoms with E-state index in [1.807, 2.05) is 0 Å². The van der Waals surface area contributed by atoms with Gasteiger partial charge in [0.1, 0.15) is 38.1 Å². The van der Waals surface area contributed by atoms with Gasteiger partial charge in [0.2, 0.25) is 0 Å². The summed E-state index contributed by atoms with van der Waals surface area (Å²) in [5.74, 6) is 0. The summed E-state index contributed by atoms with van der Waals surface area (Å²) in [7, 11) is 2.77. The van der Waals surface area contributed by atoms with Gasteiger partial charge in [-0.25, -0.2) is 0 Å². The lowest BCUT2D eigenvalue weighted by Gasteiger charge is -2.08. The Morgan fingerprint density at radius 3 is 0.765 bits per heavy atom. The molecule has 0 fully saturated rings. The first-order valence-electron chi connectivity index (χ1n) is 11.3. The smallest absolute Gasteiger partial charge is 0.0639 e. The molecule has 0 aliphatic rings. The molecule has 5 aromatic carbocycles. The highest BCUT2D eigenvalue weighted by molar-refractivity contribution is 6.73. The monoisotopic (exact) mass is 494 g/mol. The maximum atomic E-state index is 2.40. The second kappa shape index (κ2) is 11.4. The predicted octanol–water partition coefficient (Wildman–Crippen LogP) is 0.307. The van der Waals surface area contributed by atoms with Gasteiger partial charge in [-0.3, -0.25) is 0 Å². The normalized spacial score (nSPS) is 10.8. The zero-order chi connectivity index (χ0) is 23.0. The van der Waals surface area contributed by atoms with Gasteiger partial charge in [0.15, 0.2) is 0 Å². The van der Waals surface area contributed by atoms with Crippen LogP contribution in [0.25, 0.3) is 0 Å². The fourth-order valence-corrected chi connectivity index (χ4v) is 8.66. The Kier molecular flexibility index (Phi) is 7.63. The van der Waals surface area contributed by atoms with Crippen LogP contribution in [0.1, 0.15) is 0 Å². The first kappa shape index (κ1) is 22.7. The summed E-state index contributed by atoms with van der Waals surface area (Å²) < 4.78 is 0. The van der Waals surface area contributed by atoms with Crippen LogP contribution in [-0.4, -0.2) is 38.1 Å². The highest BCUT2D eigenvalue weighted by atomic mass is 28.2. The van der Waals surface area contributed by atoms with E-state index in [0.29, 0.717) is 38.1 Å². The lowest BCUT2D eigenvalue weighted by atomic mass is 10.3. The maximum Gasteiger partial charge on any atom is 0.121 e. The van der Waals surface area contributed by atoms with Crippen molar-refractivity contribution in [3.05, 3.63) is 133 Å². The predicted molar refractivity (Wildman–Crippen MR) is 152 cm³/mol. The lowest BCUT2D eigenvalue weighted by Crippen LogP contribution is -2.37. The lowest BCUT2D eigenvalue weighted by molar-refractivity contribution is 1.76. The van der Waals surface area contributed by atoms with Crippen molar-refractivity contribution in [3.63, 3.8) is 0 Å². The third-order valence-electron chi connectivity index (χ3n) is 5.29. The zero-order valence-electron chi connectivity index (χ0n) is 18.7. The number of hydrogen-bond donors (Lipinski definition) is 0. The average molecular weight is 495 g/mol. The van der Waals surface area contributed by atoms with Crippen LogP contribution in [0.2, 0.25) is 0 Å². The molecule has 0 saturated carbocycles. The summed E-state index contributed by atoms with van der Waals surface area (Å²) in [5.41, 5.74) is 0. The van der Waals surface area contributed by atoms with Crippen LogP contribution in [-0.2, 0) is 0 Å². The quantitative estimate of drug-likeness (QED) is 0.272. The number of rotatable bonds is 8. The fourth-order valence-electron chi connectivity index (χ4n) is 3.73. The first-order chi connectivity index (χ1) is 16.8. The average Bonchev–Trinajstić information content (AvgIpc) is 2.86. The Hall–Kier alpha value is -3.03. The highest BCUT2D eigenvalue weighted by Crippen LogP contribution is 1.88. The van der Waals surface area contributed by atoms with Gasteiger partial charge in [0.05, 0.1) is 0 Å². The van der Waals surface area contributed by atoms with E-state index >= 15 is 0 Å². The van der Waals surface area contributed by atoms with E-state index < -0.39 is 0 Å². The maximum absolute atomic E-state index is 2.40. The molecule has 0 amide bonds. The highest BCUT2D eigenvalue weighted by Gasteiger charge is 2.06. The SMILES string of the molecule is c1ccc([Si]c2cccc([Si]c3cccc([Si]c4cccc([Si]c5ccccc5)c4)c3)c2)cc1. The zero-order valence-corrected chi connectivity index (χ0v) is 22.7. The van der Waals surface area contributed by atoms with Crippen molar-refractivity contribution in [3.8, 4) is 0 Å². The van der Waals surface area contributed by atoms with E-state index in [1.165, 1.54) is 41.5 Å². The summed E-state index contributed by atoms with van der Waals surface area (Å²) in [6.07, 6.45) is 0. The summed E-state index contributed by atoms with van der Waals surface area (Å²) in [6, 6.07) is 48.9. The molecule has 0 atom stereocenters. The van der Waals surface area contributed by atoms with Crippen LogP contribution in [0.5, 0.6) is 0 Å². The molecule has 0 spiro atoms. The number of hydrogen-bond acceptors (Lipinski definition) is 0. The molecule has 0 nitrogen and oxygen atoms in total. The largest absolute Gasteiger partial charge is 0.121 e. The second-order valence-corrected chi connectivity index (χ2v) is 13.6. The van der Waals surface area contributed by atoms with E-state index in [9.17, 15) is 0 Å². The van der Waals surface area contributed by atoms with E-state index in [0.717, 1.165) is 0 Å². The number of benzene rings is 5. The summed E-state index contributed by atoms with van der Waals surface area (Å²) >= 11 is 0. The van der Waals surface area contributed by atoms with Gasteiger partial charge >= 0.3 is 0 Å². The minimum atomic E-state index is 0.680. The van der Waals surface area contributed by atoms with Crippen LogP contribution in [0, 0.1) is 0 Å². The summed E-state index contributed by atoms with van der Waals surface area (Å²) in [4.78, 5) is 0. The molecular weight excluding hydrogens is 473 g/mol. The Morgan fingerprint density at radius 2 is 0.471 bits per heavy atom. The van der Waals surface area contributed by atoms with E-state index in [1.54, 1.807) is 0 Å². The molecule has 158 valence electrons. The summed E-state index contributed by atoms with van der Waals surface area (Å²) in [5, 5.41) is 11.2. The molecule has 0 bridgehead atoms. The minimum absolute atomic E-state index is 0.680. The van der Waals surface area contributed by atoms with Crippen LogP contribution < -0.4 is 41.5 Å². The molecule has 0 N–H and O–H groups in total. The van der Waals surface area contributed by atoms with Crippen LogP contribution >= 0.6 is 0 Å². The van der Waals surface area contributed by atoms with Gasteiger partial charge in [-0.05, 0) is 0 Å². The Balaban J connectivity index is 1.26. The minimum Gasteiger partial charge on any atom is -0.0639 e. The van der Waals surface area contributed by atoms with Crippen molar-refractivity contribution < 1.29 is 0 Å². The van der Waals surface area contributed by atoms with Gasteiger partial charge < -0.3 is 0 Å². The standard InChI is InChI=1S/C30H22Si4/c1-3-10-23(11-4-1)31-25-14-7-16-27(20-25)33-29-18-9-19-30(22-29)34-28-17-8-15-26(21-28)32-24-12-5-2-6-13-24/h1-22H. The third kappa shape index (κ3) is 6.52. The van der Waals surface area contributed by atoms with Crippen molar-refractivity contribution in [2.45, 2.75) is 0 Å². The Morgan fingerprint density at radius 1 is 0.235 bits per heavy atom. The Labute approximate surface area is 212 Å². The van der Waals surface area contributed by atoms with Crippen LogP contribution in [0.15, 0.2) is 133 Å². The first-order valence-corrected chi connectivity index (χ1v) is 15.3. The fraction of sp³-hybridized carbons (Fsp3) is 0. The molecular formula is C30H22Si4. The van der Waals surface area contributed by atoms with Crippen LogP contribution in [0.4, 0.5) is 0 Å². The topological polar surface area (TPSA) is 0 Å². The molecule has 34 heavy (non-hydrogen) atoms. The van der Waals surface area contributed by atoms with Gasteiger partial charge in [-0.2, -0.15) is 0 Å². The van der Waals surface area contributed by atoms with Gasteiger partial charge in [0.25, 0.3) is 0 Å². The van der Waals surface area contributed by atoms with Crippen LogP contribution in [0.3, 0.4) is 0 Å². The van der Waals surface area contributed by atoms with Crippen molar-refractivity contribution in [2.24, 2.45) is 0 Å². The molecule has 4 heteroatoms. The molecule has 8 radical (unpaired) electrons. The van der Waals surface area contributed by atoms with Gasteiger partial charge in [-0.1, -0.05) is 175 Å². The molecule has 5 rings (SSSR count). The summed E-state index contributed by atoms with van der Waals surface area (Å²) in [6.45, 7) is 0. The van der Waals surface area contributed by atoms with E-state index in [4.69, 9.17) is 0 Å². The van der Waals surface area contributed by atoms with E-state index in [-0.39, 0.29) is 0 Å². The van der Waals surface area contributed by atoms with E-state index in [2.05, 4.69) is 133 Å². The van der Waals surface area contributed by atoms with Crippen molar-refractivity contribution in [1.29, 1.82) is 0 Å². The van der Waals surface area contributed by atoms with Gasteiger partial charge in [0, 0.05) is 0 Å². The molecule has 5 aromatic rings. The van der Waals surface area contributed by atoms with Crippen molar-refractivity contribution >= 4 is 79.6 Å². The Bertz CT molecular complexity index is 1250. The van der Waals surface area contributed by atoms with Crippen molar-refractivity contribution in [1.82, 2.24) is 0 Å². The molecule has 0 aliphatic heterocycles. The molecule has 0 aromatic heterocycles. The molecule has 0 unspecified atom stereocenters. The molecule has 0 saturated heterocycles. The second-order valence-electron chi connectivity index (χ2n) is 7.97. The van der Waals surface area contributed by atoms with Crippen molar-refractivity contribution in [2.75, 3.05) is 0 Å².